The molecule has 0 amide bonds. The lowest BCUT2D eigenvalue weighted by Crippen LogP contribution is -2.13. The molecule has 11 heteroatoms. The fourth-order valence-electron chi connectivity index (χ4n) is 2.18. The average molecular weight is 438 g/mol. The van der Waals surface area contributed by atoms with E-state index in [1.54, 1.807) is 24.3 Å². The van der Waals surface area contributed by atoms with Crippen LogP contribution in [0.2, 0.25) is 0 Å². The molecule has 0 unspecified atom stereocenters. The van der Waals surface area contributed by atoms with Gasteiger partial charge in [-0.25, -0.2) is 17.6 Å². The fraction of sp³-hybridized carbons (Fsp3) is 0.167. The summed E-state index contributed by atoms with van der Waals surface area (Å²) in [6.07, 6.45) is 0. The van der Waals surface area contributed by atoms with E-state index in [0.29, 0.717) is 28.6 Å². The van der Waals surface area contributed by atoms with Crippen molar-refractivity contribution in [1.29, 1.82) is 0 Å². The molecule has 0 aliphatic rings. The first-order chi connectivity index (χ1) is 13.9. The van der Waals surface area contributed by atoms with Gasteiger partial charge in [0, 0.05) is 11.5 Å². The zero-order valence-corrected chi connectivity index (χ0v) is 16.7. The molecule has 29 heavy (non-hydrogen) atoms. The lowest BCUT2D eigenvalue weighted by molar-refractivity contribution is -0.143. The standard InChI is InChI=1S/C18H15FN2O6S2/c1-25-16(22)10-26-17-20-18(28-21-17)29(23,24)11-12-3-2-4-15(9-12)27-14-7-5-13(19)6-8-14/h2-9H,10-11H2,1H3. The van der Waals surface area contributed by atoms with Crippen LogP contribution in [0.4, 0.5) is 4.39 Å². The molecule has 0 fully saturated rings. The number of aromatic nitrogens is 2. The van der Waals surface area contributed by atoms with Crippen LogP contribution in [0.15, 0.2) is 52.9 Å². The molecule has 0 saturated carbocycles. The van der Waals surface area contributed by atoms with Gasteiger partial charge in [-0.15, -0.1) is 4.37 Å². The third-order valence-corrected chi connectivity index (χ3v) is 6.32. The summed E-state index contributed by atoms with van der Waals surface area (Å²) >= 11 is 0.650. The van der Waals surface area contributed by atoms with Crippen molar-refractivity contribution in [2.45, 2.75) is 10.1 Å². The van der Waals surface area contributed by atoms with Gasteiger partial charge in [-0.1, -0.05) is 12.1 Å². The molecule has 8 nitrogen and oxygen atoms in total. The van der Waals surface area contributed by atoms with Gasteiger partial charge in [-0.3, -0.25) is 0 Å². The predicted octanol–water partition coefficient (Wildman–Crippen LogP) is 3.00. The van der Waals surface area contributed by atoms with Crippen LogP contribution in [0.5, 0.6) is 17.5 Å². The van der Waals surface area contributed by atoms with Crippen LogP contribution < -0.4 is 9.47 Å². The summed E-state index contributed by atoms with van der Waals surface area (Å²) in [6.45, 7) is -0.421. The molecule has 0 radical (unpaired) electrons. The summed E-state index contributed by atoms with van der Waals surface area (Å²) in [6, 6.07) is 11.7. The number of esters is 1. The first kappa shape index (κ1) is 20.7. The fourth-order valence-corrected chi connectivity index (χ4v) is 4.25. The Labute approximate surface area is 170 Å². The number of rotatable bonds is 8. The van der Waals surface area contributed by atoms with Crippen molar-refractivity contribution >= 4 is 27.3 Å². The van der Waals surface area contributed by atoms with Gasteiger partial charge in [0.25, 0.3) is 0 Å². The van der Waals surface area contributed by atoms with Crippen LogP contribution in [0.25, 0.3) is 0 Å². The Balaban J connectivity index is 1.69. The van der Waals surface area contributed by atoms with Crippen LogP contribution >= 0.6 is 11.5 Å². The maximum atomic E-state index is 13.0. The maximum absolute atomic E-state index is 13.0. The molecule has 1 aromatic heterocycles. The zero-order valence-electron chi connectivity index (χ0n) is 15.1. The Morgan fingerprint density at radius 1 is 1.14 bits per heavy atom. The summed E-state index contributed by atoms with van der Waals surface area (Å²) in [5, 5.41) is 0. The van der Waals surface area contributed by atoms with Crippen LogP contribution in [-0.4, -0.2) is 37.5 Å². The molecule has 0 aliphatic carbocycles. The third kappa shape index (κ3) is 5.72. The number of hydrogen-bond acceptors (Lipinski definition) is 9. The van der Waals surface area contributed by atoms with Crippen LogP contribution in [0.3, 0.4) is 0 Å². The van der Waals surface area contributed by atoms with E-state index < -0.39 is 22.4 Å². The van der Waals surface area contributed by atoms with Crippen LogP contribution in [0, 0.1) is 5.82 Å². The molecule has 0 N–H and O–H groups in total. The van der Waals surface area contributed by atoms with Gasteiger partial charge in [-0.2, -0.15) is 4.98 Å². The molecule has 152 valence electrons. The molecule has 1 heterocycles. The van der Waals surface area contributed by atoms with E-state index in [2.05, 4.69) is 14.1 Å². The second-order valence-corrected chi connectivity index (χ2v) is 8.59. The van der Waals surface area contributed by atoms with E-state index in [4.69, 9.17) is 9.47 Å². The summed E-state index contributed by atoms with van der Waals surface area (Å²) < 4.78 is 56.7. The van der Waals surface area contributed by atoms with Gasteiger partial charge in [0.15, 0.2) is 6.61 Å². The molecule has 0 saturated heterocycles. The van der Waals surface area contributed by atoms with Gasteiger partial charge < -0.3 is 14.2 Å². The first-order valence-corrected chi connectivity index (χ1v) is 10.6. The second kappa shape index (κ2) is 8.97. The number of sulfone groups is 1. The Kier molecular flexibility index (Phi) is 6.39. The summed E-state index contributed by atoms with van der Waals surface area (Å²) in [7, 11) is -2.59. The minimum atomic E-state index is -3.79. The van der Waals surface area contributed by atoms with Crippen molar-refractivity contribution in [3.63, 3.8) is 0 Å². The van der Waals surface area contributed by atoms with Gasteiger partial charge >= 0.3 is 12.0 Å². The summed E-state index contributed by atoms with van der Waals surface area (Å²) in [5.41, 5.74) is 0.469. The number of benzene rings is 2. The van der Waals surface area contributed by atoms with Gasteiger partial charge in [0.1, 0.15) is 17.3 Å². The lowest BCUT2D eigenvalue weighted by atomic mass is 10.2. The Bertz CT molecular complexity index is 1100. The van der Waals surface area contributed by atoms with Crippen molar-refractivity contribution in [1.82, 2.24) is 9.36 Å². The van der Waals surface area contributed by atoms with Gasteiger partial charge in [0.2, 0.25) is 14.2 Å². The van der Waals surface area contributed by atoms with Crippen LogP contribution in [0.1, 0.15) is 5.56 Å². The number of carbonyl (C=O) groups is 1. The van der Waals surface area contributed by atoms with E-state index in [1.807, 2.05) is 0 Å². The topological polar surface area (TPSA) is 105 Å². The monoisotopic (exact) mass is 438 g/mol. The SMILES string of the molecule is COC(=O)COc1nsc(S(=O)(=O)Cc2cccc(Oc3ccc(F)cc3)c2)n1. The quantitative estimate of drug-likeness (QED) is 0.495. The Morgan fingerprint density at radius 2 is 1.90 bits per heavy atom. The highest BCUT2D eigenvalue weighted by atomic mass is 32.2. The molecule has 0 bridgehead atoms. The molecular formula is C18H15FN2O6S2. The molecule has 0 atom stereocenters. The zero-order chi connectivity index (χ0) is 20.9. The second-order valence-electron chi connectivity index (χ2n) is 5.67. The van der Waals surface area contributed by atoms with Crippen molar-refractivity contribution < 1.29 is 31.8 Å². The van der Waals surface area contributed by atoms with Crippen LogP contribution in [-0.2, 0) is 25.1 Å². The summed E-state index contributed by atoms with van der Waals surface area (Å²) in [4.78, 5) is 14.9. The minimum absolute atomic E-state index is 0.215. The molecular weight excluding hydrogens is 423 g/mol. The number of hydrogen-bond donors (Lipinski definition) is 0. The number of halogens is 1. The molecule has 0 spiro atoms. The van der Waals surface area contributed by atoms with Crippen molar-refractivity contribution in [2.75, 3.05) is 13.7 Å². The third-order valence-electron chi connectivity index (χ3n) is 3.51. The van der Waals surface area contributed by atoms with Crippen molar-refractivity contribution in [3.05, 3.63) is 59.9 Å². The van der Waals surface area contributed by atoms with Crippen molar-refractivity contribution in [3.8, 4) is 17.5 Å². The van der Waals surface area contributed by atoms with Gasteiger partial charge in [-0.05, 0) is 42.0 Å². The normalized spacial score (nSPS) is 11.1. The molecule has 3 aromatic rings. The Hall–Kier alpha value is -3.05. The number of ether oxygens (including phenoxy) is 3. The molecule has 0 aliphatic heterocycles. The maximum Gasteiger partial charge on any atom is 0.344 e. The van der Waals surface area contributed by atoms with E-state index in [1.165, 1.54) is 31.4 Å². The van der Waals surface area contributed by atoms with E-state index >= 15 is 0 Å². The number of nitrogens with zero attached hydrogens (tertiary/aromatic N) is 2. The smallest absolute Gasteiger partial charge is 0.344 e. The highest BCUT2D eigenvalue weighted by Gasteiger charge is 2.22. The highest BCUT2D eigenvalue weighted by Crippen LogP contribution is 2.25. The van der Waals surface area contributed by atoms with E-state index in [0.717, 1.165) is 0 Å². The minimum Gasteiger partial charge on any atom is -0.466 e. The Morgan fingerprint density at radius 3 is 2.62 bits per heavy atom. The van der Waals surface area contributed by atoms with E-state index in [-0.39, 0.29) is 21.9 Å². The summed E-state index contributed by atoms with van der Waals surface area (Å²) in [5.74, 6) is -0.530. The number of methoxy groups -OCH3 is 1. The van der Waals surface area contributed by atoms with Crippen molar-refractivity contribution in [2.24, 2.45) is 0 Å². The first-order valence-electron chi connectivity index (χ1n) is 8.14. The van der Waals surface area contributed by atoms with E-state index in [9.17, 15) is 17.6 Å². The highest BCUT2D eigenvalue weighted by molar-refractivity contribution is 7.92. The lowest BCUT2D eigenvalue weighted by Gasteiger charge is -2.07. The number of carbonyl (C=O) groups excluding carboxylic acids is 1. The van der Waals surface area contributed by atoms with Gasteiger partial charge in [0.05, 0.1) is 12.9 Å². The predicted molar refractivity (Wildman–Crippen MR) is 101 cm³/mol. The molecule has 3 rings (SSSR count). The molecule has 2 aromatic carbocycles. The largest absolute Gasteiger partial charge is 0.466 e. The average Bonchev–Trinajstić information content (AvgIpc) is 3.18.